The van der Waals surface area contributed by atoms with Crippen molar-refractivity contribution in [2.75, 3.05) is 0 Å². The van der Waals surface area contributed by atoms with Crippen molar-refractivity contribution in [3.63, 3.8) is 0 Å². The van der Waals surface area contributed by atoms with E-state index < -0.39 is 0 Å². The van der Waals surface area contributed by atoms with E-state index >= 15 is 0 Å². The molecule has 0 bridgehead atoms. The Morgan fingerprint density at radius 3 is 2.69 bits per heavy atom. The summed E-state index contributed by atoms with van der Waals surface area (Å²) in [6.07, 6.45) is 2.12. The van der Waals surface area contributed by atoms with Crippen LogP contribution in [0.2, 0.25) is 5.02 Å². The third kappa shape index (κ3) is 2.66. The molecule has 0 saturated carbocycles. The van der Waals surface area contributed by atoms with E-state index in [1.165, 1.54) is 20.9 Å². The van der Waals surface area contributed by atoms with Gasteiger partial charge in [-0.15, -0.1) is 11.3 Å². The Labute approximate surface area is 106 Å². The predicted octanol–water partition coefficient (Wildman–Crippen LogP) is 4.86. The molecule has 1 aromatic carbocycles. The third-order valence-corrected chi connectivity index (χ3v) is 4.18. The van der Waals surface area contributed by atoms with Crippen LogP contribution >= 0.6 is 22.9 Å². The number of thiophene rings is 1. The molecule has 16 heavy (non-hydrogen) atoms. The Morgan fingerprint density at radius 1 is 1.25 bits per heavy atom. The normalized spacial score (nSPS) is 10.7. The summed E-state index contributed by atoms with van der Waals surface area (Å²) in [6.45, 7) is 4.40. The maximum Gasteiger partial charge on any atom is 0.0408 e. The quantitative estimate of drug-likeness (QED) is 0.730. The first-order chi connectivity index (χ1) is 7.69. The Morgan fingerprint density at radius 2 is 2.06 bits per heavy atom. The first-order valence-corrected chi connectivity index (χ1v) is 6.71. The van der Waals surface area contributed by atoms with Crippen molar-refractivity contribution in [1.29, 1.82) is 0 Å². The van der Waals surface area contributed by atoms with E-state index in [4.69, 9.17) is 11.6 Å². The van der Waals surface area contributed by atoms with Gasteiger partial charge in [-0.1, -0.05) is 30.7 Å². The second-order valence-electron chi connectivity index (χ2n) is 3.95. The van der Waals surface area contributed by atoms with Gasteiger partial charge in [-0.3, -0.25) is 0 Å². The van der Waals surface area contributed by atoms with Crippen LogP contribution in [0.25, 0.3) is 0 Å². The number of hydrogen-bond acceptors (Lipinski definition) is 1. The minimum absolute atomic E-state index is 0.820. The molecular weight excluding hydrogens is 236 g/mol. The first-order valence-electron chi connectivity index (χ1n) is 5.51. The lowest BCUT2D eigenvalue weighted by molar-refractivity contribution is 1.15. The molecule has 2 heteroatoms. The van der Waals surface area contributed by atoms with Gasteiger partial charge in [-0.2, -0.15) is 0 Å². The summed E-state index contributed by atoms with van der Waals surface area (Å²) in [4.78, 5) is 2.89. The second-order valence-corrected chi connectivity index (χ2v) is 5.73. The summed E-state index contributed by atoms with van der Waals surface area (Å²) in [5.74, 6) is 0. The largest absolute Gasteiger partial charge is 0.145 e. The van der Waals surface area contributed by atoms with Gasteiger partial charge in [0.25, 0.3) is 0 Å². The molecule has 2 rings (SSSR count). The second kappa shape index (κ2) is 5.03. The molecule has 0 spiro atoms. The number of rotatable bonds is 3. The maximum atomic E-state index is 5.99. The monoisotopic (exact) mass is 250 g/mol. The van der Waals surface area contributed by atoms with Crippen molar-refractivity contribution in [1.82, 2.24) is 0 Å². The molecule has 1 heterocycles. The molecule has 0 N–H and O–H groups in total. The predicted molar refractivity (Wildman–Crippen MR) is 72.7 cm³/mol. The lowest BCUT2D eigenvalue weighted by Gasteiger charge is -2.01. The fraction of sp³-hybridized carbons (Fsp3) is 0.286. The molecule has 2 aromatic rings. The highest BCUT2D eigenvalue weighted by atomic mass is 35.5. The Kier molecular flexibility index (Phi) is 3.67. The molecule has 1 aromatic heterocycles. The Balaban J connectivity index is 2.23. The van der Waals surface area contributed by atoms with Crippen LogP contribution in [0.1, 0.15) is 27.8 Å². The molecule has 0 aliphatic heterocycles. The lowest BCUT2D eigenvalue weighted by Crippen LogP contribution is -1.87. The average molecular weight is 251 g/mol. The van der Waals surface area contributed by atoms with Gasteiger partial charge in [0, 0.05) is 14.8 Å². The van der Waals surface area contributed by atoms with Crippen LogP contribution in [0.5, 0.6) is 0 Å². The SMILES string of the molecule is CCc1cc(Cc2cccc(Cl)c2)c(C)s1. The van der Waals surface area contributed by atoms with E-state index in [0.717, 1.165) is 17.9 Å². The van der Waals surface area contributed by atoms with Gasteiger partial charge in [0.1, 0.15) is 0 Å². The smallest absolute Gasteiger partial charge is 0.0408 e. The molecule has 0 unspecified atom stereocenters. The standard InChI is InChI=1S/C14H15ClS/c1-3-14-9-12(10(2)16-14)7-11-5-4-6-13(15)8-11/h4-6,8-9H,3,7H2,1-2H3. The summed E-state index contributed by atoms with van der Waals surface area (Å²) in [7, 11) is 0. The summed E-state index contributed by atoms with van der Waals surface area (Å²) in [6, 6.07) is 10.4. The molecule has 84 valence electrons. The molecule has 0 atom stereocenters. The van der Waals surface area contributed by atoms with Gasteiger partial charge in [0.05, 0.1) is 0 Å². The van der Waals surface area contributed by atoms with E-state index in [-0.39, 0.29) is 0 Å². The molecule has 0 amide bonds. The van der Waals surface area contributed by atoms with Crippen LogP contribution < -0.4 is 0 Å². The van der Waals surface area contributed by atoms with Crippen molar-refractivity contribution in [2.24, 2.45) is 0 Å². The van der Waals surface area contributed by atoms with Crippen molar-refractivity contribution in [2.45, 2.75) is 26.7 Å². The van der Waals surface area contributed by atoms with E-state index in [0.29, 0.717) is 0 Å². The molecule has 0 radical (unpaired) electrons. The van der Waals surface area contributed by atoms with Gasteiger partial charge in [-0.25, -0.2) is 0 Å². The van der Waals surface area contributed by atoms with Gasteiger partial charge in [0.15, 0.2) is 0 Å². The Bertz CT molecular complexity index is 485. The van der Waals surface area contributed by atoms with E-state index in [1.54, 1.807) is 0 Å². The van der Waals surface area contributed by atoms with E-state index in [2.05, 4.69) is 26.0 Å². The van der Waals surface area contributed by atoms with Gasteiger partial charge in [-0.05, 0) is 49.1 Å². The highest BCUT2D eigenvalue weighted by Crippen LogP contribution is 2.25. The number of hydrogen-bond donors (Lipinski definition) is 0. The van der Waals surface area contributed by atoms with Gasteiger partial charge < -0.3 is 0 Å². The molecule has 0 aliphatic carbocycles. The van der Waals surface area contributed by atoms with E-state index in [1.807, 2.05) is 29.5 Å². The molecule has 0 saturated heterocycles. The van der Waals surface area contributed by atoms with Crippen molar-refractivity contribution in [3.05, 3.63) is 56.2 Å². The van der Waals surface area contributed by atoms with Gasteiger partial charge >= 0.3 is 0 Å². The minimum atomic E-state index is 0.820. The van der Waals surface area contributed by atoms with Crippen LogP contribution in [0, 0.1) is 6.92 Å². The summed E-state index contributed by atoms with van der Waals surface area (Å²) >= 11 is 7.89. The fourth-order valence-electron chi connectivity index (χ4n) is 1.80. The van der Waals surface area contributed by atoms with Crippen LogP contribution in [0.3, 0.4) is 0 Å². The minimum Gasteiger partial charge on any atom is -0.145 e. The topological polar surface area (TPSA) is 0 Å². The molecule has 0 aliphatic rings. The average Bonchev–Trinajstić information content (AvgIpc) is 2.60. The third-order valence-electron chi connectivity index (χ3n) is 2.70. The van der Waals surface area contributed by atoms with E-state index in [9.17, 15) is 0 Å². The van der Waals surface area contributed by atoms with Crippen molar-refractivity contribution < 1.29 is 0 Å². The van der Waals surface area contributed by atoms with Crippen LogP contribution in [-0.2, 0) is 12.8 Å². The summed E-state index contributed by atoms with van der Waals surface area (Å²) in [5.41, 5.74) is 2.72. The highest BCUT2D eigenvalue weighted by Gasteiger charge is 2.05. The first kappa shape index (κ1) is 11.7. The van der Waals surface area contributed by atoms with Crippen LogP contribution in [0.4, 0.5) is 0 Å². The van der Waals surface area contributed by atoms with Crippen LogP contribution in [-0.4, -0.2) is 0 Å². The highest BCUT2D eigenvalue weighted by molar-refractivity contribution is 7.12. The summed E-state index contributed by atoms with van der Waals surface area (Å²) in [5, 5.41) is 0.820. The number of benzene rings is 1. The summed E-state index contributed by atoms with van der Waals surface area (Å²) < 4.78 is 0. The van der Waals surface area contributed by atoms with Crippen molar-refractivity contribution in [3.8, 4) is 0 Å². The molecular formula is C14H15ClS. The zero-order chi connectivity index (χ0) is 11.5. The number of halogens is 1. The lowest BCUT2D eigenvalue weighted by atomic mass is 10.1. The molecule has 0 nitrogen and oxygen atoms in total. The fourth-order valence-corrected chi connectivity index (χ4v) is 3.02. The molecule has 0 fully saturated rings. The van der Waals surface area contributed by atoms with Gasteiger partial charge in [0.2, 0.25) is 0 Å². The maximum absolute atomic E-state index is 5.99. The van der Waals surface area contributed by atoms with Crippen LogP contribution in [0.15, 0.2) is 30.3 Å². The zero-order valence-corrected chi connectivity index (χ0v) is 11.2. The zero-order valence-electron chi connectivity index (χ0n) is 9.59. The Hall–Kier alpha value is -0.790. The van der Waals surface area contributed by atoms with Crippen molar-refractivity contribution >= 4 is 22.9 Å². The number of aryl methyl sites for hydroxylation is 2.